The maximum absolute atomic E-state index is 11.8. The first-order valence-corrected chi connectivity index (χ1v) is 14.1. The molecule has 0 bridgehead atoms. The molecule has 0 atom stereocenters. The number of ether oxygens (including phenoxy) is 1. The highest BCUT2D eigenvalue weighted by Crippen LogP contribution is 2.13. The molecule has 1 amide bonds. The van der Waals surface area contributed by atoms with Gasteiger partial charge in [0.05, 0.1) is 6.61 Å². The summed E-state index contributed by atoms with van der Waals surface area (Å²) in [5.41, 5.74) is 0. The van der Waals surface area contributed by atoms with Crippen LogP contribution in [0.15, 0.2) is 0 Å². The molecule has 0 aliphatic carbocycles. The van der Waals surface area contributed by atoms with Gasteiger partial charge in [-0.3, -0.25) is 9.59 Å². The number of nitrogens with one attached hydrogen (secondary N) is 1. The number of carbonyl (C=O) groups is 2. The minimum atomic E-state index is -0.316. The summed E-state index contributed by atoms with van der Waals surface area (Å²) in [6.07, 6.45) is 27.4. The molecule has 0 spiro atoms. The maximum Gasteiger partial charge on any atom is 0.325 e. The van der Waals surface area contributed by atoms with Crippen molar-refractivity contribution < 1.29 is 14.3 Å². The lowest BCUT2D eigenvalue weighted by Gasteiger charge is -2.07. The zero-order chi connectivity index (χ0) is 23.5. The van der Waals surface area contributed by atoms with Crippen molar-refractivity contribution in [2.45, 2.75) is 155 Å². The number of hydrogen-bond acceptors (Lipinski definition) is 3. The van der Waals surface area contributed by atoms with Crippen LogP contribution >= 0.6 is 0 Å². The van der Waals surface area contributed by atoms with E-state index in [2.05, 4.69) is 19.2 Å². The summed E-state index contributed by atoms with van der Waals surface area (Å²) in [7, 11) is 0. The molecule has 0 aromatic heterocycles. The molecule has 0 heterocycles. The molecule has 0 aliphatic heterocycles. The number of carbonyl (C=O) groups excluding carboxylic acids is 2. The minimum absolute atomic E-state index is 0.00735. The molecule has 32 heavy (non-hydrogen) atoms. The van der Waals surface area contributed by atoms with E-state index in [-0.39, 0.29) is 18.4 Å². The number of esters is 1. The zero-order valence-electron chi connectivity index (χ0n) is 21.7. The Labute approximate surface area is 200 Å². The molecule has 4 heteroatoms. The average Bonchev–Trinajstić information content (AvgIpc) is 2.79. The van der Waals surface area contributed by atoms with E-state index in [1.54, 1.807) is 0 Å². The van der Waals surface area contributed by atoms with Crippen molar-refractivity contribution in [3.05, 3.63) is 0 Å². The van der Waals surface area contributed by atoms with Crippen molar-refractivity contribution in [3.8, 4) is 0 Å². The summed E-state index contributed by atoms with van der Waals surface area (Å²) in [6.45, 7) is 4.96. The third kappa shape index (κ3) is 25.2. The van der Waals surface area contributed by atoms with Gasteiger partial charge in [-0.2, -0.15) is 0 Å². The molecular formula is C28H55NO3. The summed E-state index contributed by atoms with van der Waals surface area (Å²) < 4.78 is 5.18. The summed E-state index contributed by atoms with van der Waals surface area (Å²) >= 11 is 0. The van der Waals surface area contributed by atoms with Gasteiger partial charge in [-0.1, -0.05) is 136 Å². The molecule has 4 nitrogen and oxygen atoms in total. The predicted molar refractivity (Wildman–Crippen MR) is 137 cm³/mol. The second-order valence-corrected chi connectivity index (χ2v) is 9.46. The Morgan fingerprint density at radius 2 is 0.906 bits per heavy atom. The smallest absolute Gasteiger partial charge is 0.325 e. The molecule has 0 radical (unpaired) electrons. The van der Waals surface area contributed by atoms with E-state index in [9.17, 15) is 9.59 Å². The second kappa shape index (κ2) is 26.2. The monoisotopic (exact) mass is 453 g/mol. The third-order valence-corrected chi connectivity index (χ3v) is 6.20. The highest BCUT2D eigenvalue weighted by Gasteiger charge is 2.06. The van der Waals surface area contributed by atoms with E-state index in [0.717, 1.165) is 25.7 Å². The van der Waals surface area contributed by atoms with Gasteiger partial charge in [0.15, 0.2) is 0 Å². The Morgan fingerprint density at radius 3 is 1.34 bits per heavy atom. The number of unbranched alkanes of at least 4 members (excludes halogenated alkanes) is 19. The first kappa shape index (κ1) is 30.9. The molecule has 1 N–H and O–H groups in total. The molecule has 0 aromatic carbocycles. The van der Waals surface area contributed by atoms with Crippen molar-refractivity contribution in [1.29, 1.82) is 0 Å². The van der Waals surface area contributed by atoms with Crippen LogP contribution in [0.2, 0.25) is 0 Å². The minimum Gasteiger partial charge on any atom is -0.464 e. The van der Waals surface area contributed by atoms with Crippen LogP contribution in [0.5, 0.6) is 0 Å². The van der Waals surface area contributed by atoms with Gasteiger partial charge in [0.1, 0.15) is 6.54 Å². The van der Waals surface area contributed by atoms with Gasteiger partial charge in [0.2, 0.25) is 5.91 Å². The van der Waals surface area contributed by atoms with Crippen LogP contribution < -0.4 is 5.32 Å². The van der Waals surface area contributed by atoms with Crippen LogP contribution in [-0.2, 0) is 14.3 Å². The fraction of sp³-hybridized carbons (Fsp3) is 0.929. The Balaban J connectivity index is 3.27. The van der Waals surface area contributed by atoms with Crippen LogP contribution in [0.4, 0.5) is 0 Å². The first-order chi connectivity index (χ1) is 15.7. The molecule has 0 saturated carbocycles. The van der Waals surface area contributed by atoms with Crippen molar-refractivity contribution in [3.63, 3.8) is 0 Å². The van der Waals surface area contributed by atoms with Gasteiger partial charge in [0.25, 0.3) is 0 Å². The largest absolute Gasteiger partial charge is 0.464 e. The van der Waals surface area contributed by atoms with Crippen molar-refractivity contribution in [2.24, 2.45) is 0 Å². The number of rotatable bonds is 25. The molecule has 0 saturated heterocycles. The van der Waals surface area contributed by atoms with E-state index < -0.39 is 0 Å². The van der Waals surface area contributed by atoms with Gasteiger partial charge in [-0.05, 0) is 12.8 Å². The van der Waals surface area contributed by atoms with Crippen LogP contribution in [-0.4, -0.2) is 25.0 Å². The molecule has 190 valence electrons. The quantitative estimate of drug-likeness (QED) is 0.112. The van der Waals surface area contributed by atoms with E-state index in [1.165, 1.54) is 109 Å². The normalized spacial score (nSPS) is 10.9. The summed E-state index contributed by atoms with van der Waals surface area (Å²) in [5.74, 6) is -0.348. The van der Waals surface area contributed by atoms with E-state index >= 15 is 0 Å². The first-order valence-electron chi connectivity index (χ1n) is 14.1. The molecular weight excluding hydrogens is 398 g/mol. The van der Waals surface area contributed by atoms with Crippen LogP contribution in [0.25, 0.3) is 0 Å². The summed E-state index contributed by atoms with van der Waals surface area (Å²) in [5, 5.41) is 2.69. The lowest BCUT2D eigenvalue weighted by atomic mass is 10.0. The number of amides is 1. The molecule has 0 aromatic rings. The third-order valence-electron chi connectivity index (χ3n) is 6.20. The second-order valence-electron chi connectivity index (χ2n) is 9.46. The van der Waals surface area contributed by atoms with E-state index in [0.29, 0.717) is 13.0 Å². The molecule has 0 fully saturated rings. The molecule has 0 rings (SSSR count). The van der Waals surface area contributed by atoms with Crippen molar-refractivity contribution in [2.75, 3.05) is 13.2 Å². The van der Waals surface area contributed by atoms with Gasteiger partial charge in [0, 0.05) is 6.42 Å². The van der Waals surface area contributed by atoms with Crippen LogP contribution in [0.3, 0.4) is 0 Å². The molecule has 0 aliphatic rings. The Morgan fingerprint density at radius 1 is 0.531 bits per heavy atom. The van der Waals surface area contributed by atoms with E-state index in [4.69, 9.17) is 4.74 Å². The highest BCUT2D eigenvalue weighted by atomic mass is 16.5. The van der Waals surface area contributed by atoms with Gasteiger partial charge >= 0.3 is 5.97 Å². The van der Waals surface area contributed by atoms with Crippen molar-refractivity contribution >= 4 is 11.9 Å². The topological polar surface area (TPSA) is 55.4 Å². The maximum atomic E-state index is 11.8. The van der Waals surface area contributed by atoms with Gasteiger partial charge in [-0.25, -0.2) is 0 Å². The van der Waals surface area contributed by atoms with Crippen LogP contribution in [0, 0.1) is 0 Å². The highest BCUT2D eigenvalue weighted by molar-refractivity contribution is 5.81. The lowest BCUT2D eigenvalue weighted by molar-refractivity contribution is -0.144. The fourth-order valence-corrected chi connectivity index (χ4v) is 4.04. The van der Waals surface area contributed by atoms with Gasteiger partial charge in [-0.15, -0.1) is 0 Å². The van der Waals surface area contributed by atoms with Crippen LogP contribution in [0.1, 0.15) is 155 Å². The standard InChI is InChI=1S/C28H55NO3/c1-3-5-7-9-11-12-13-14-15-16-17-18-19-20-22-24-27(30)29-26-28(31)32-25-23-21-10-8-6-4-2/h3-26H2,1-2H3,(H,29,30). The Kier molecular flexibility index (Phi) is 25.3. The Hall–Kier alpha value is -1.06. The SMILES string of the molecule is CCCCCCCCCCCCCCCCCC(=O)NCC(=O)OCCCCCCCC. The van der Waals surface area contributed by atoms with E-state index in [1.807, 2.05) is 0 Å². The Bertz CT molecular complexity index is 411. The molecule has 0 unspecified atom stereocenters. The average molecular weight is 454 g/mol. The fourth-order valence-electron chi connectivity index (χ4n) is 4.04. The van der Waals surface area contributed by atoms with Crippen molar-refractivity contribution in [1.82, 2.24) is 5.32 Å². The lowest BCUT2D eigenvalue weighted by Crippen LogP contribution is -2.30. The summed E-state index contributed by atoms with van der Waals surface area (Å²) in [4.78, 5) is 23.5. The number of hydrogen-bond donors (Lipinski definition) is 1. The zero-order valence-corrected chi connectivity index (χ0v) is 21.7. The van der Waals surface area contributed by atoms with Gasteiger partial charge < -0.3 is 10.1 Å². The predicted octanol–water partition coefficient (Wildman–Crippen LogP) is 8.27. The summed E-state index contributed by atoms with van der Waals surface area (Å²) in [6, 6.07) is 0.